The third kappa shape index (κ3) is 4.96. The zero-order valence-electron chi connectivity index (χ0n) is 10.4. The molecule has 2 N–H and O–H groups in total. The molecule has 3 heteroatoms. The van der Waals surface area contributed by atoms with Crippen LogP contribution < -0.4 is 5.32 Å². The molecule has 0 aliphatic heterocycles. The van der Waals surface area contributed by atoms with Gasteiger partial charge in [-0.15, -0.1) is 0 Å². The zero-order valence-corrected chi connectivity index (χ0v) is 10.4. The molecule has 3 nitrogen and oxygen atoms in total. The Hall–Kier alpha value is -0.120. The molecule has 0 radical (unpaired) electrons. The Morgan fingerprint density at radius 2 is 2.07 bits per heavy atom. The van der Waals surface area contributed by atoms with Crippen molar-refractivity contribution in [2.24, 2.45) is 0 Å². The summed E-state index contributed by atoms with van der Waals surface area (Å²) in [6, 6.07) is 1.56. The second-order valence-electron chi connectivity index (χ2n) is 4.85. The van der Waals surface area contributed by atoms with Crippen molar-refractivity contribution < 1.29 is 5.11 Å². The number of aliphatic hydroxyl groups is 1. The third-order valence-electron chi connectivity index (χ3n) is 3.02. The standard InChI is InChI=1S/C12H26N2O/c1-4-14(12-5-6-12)8-7-11(9-15)13-10(2)3/h10-13,15H,4-9H2,1-3H3. The summed E-state index contributed by atoms with van der Waals surface area (Å²) in [6.07, 6.45) is 3.80. The average Bonchev–Trinajstić information content (AvgIpc) is 3.00. The molecule has 90 valence electrons. The van der Waals surface area contributed by atoms with Crippen molar-refractivity contribution in [3.8, 4) is 0 Å². The summed E-state index contributed by atoms with van der Waals surface area (Å²) in [5, 5.41) is 12.6. The fraction of sp³-hybridized carbons (Fsp3) is 1.00. The Morgan fingerprint density at radius 3 is 2.47 bits per heavy atom. The number of nitrogens with one attached hydrogen (secondary N) is 1. The summed E-state index contributed by atoms with van der Waals surface area (Å²) in [6.45, 7) is 8.99. The minimum absolute atomic E-state index is 0.250. The van der Waals surface area contributed by atoms with E-state index in [1.165, 1.54) is 12.8 Å². The lowest BCUT2D eigenvalue weighted by atomic mass is 10.2. The predicted molar refractivity (Wildman–Crippen MR) is 64.0 cm³/mol. The molecule has 1 aliphatic carbocycles. The summed E-state index contributed by atoms with van der Waals surface area (Å²) in [5.74, 6) is 0. The van der Waals surface area contributed by atoms with Gasteiger partial charge >= 0.3 is 0 Å². The van der Waals surface area contributed by atoms with Crippen LogP contribution in [-0.2, 0) is 0 Å². The van der Waals surface area contributed by atoms with E-state index in [0.717, 1.165) is 25.6 Å². The van der Waals surface area contributed by atoms with E-state index in [4.69, 9.17) is 0 Å². The van der Waals surface area contributed by atoms with Gasteiger partial charge in [0, 0.05) is 18.1 Å². The van der Waals surface area contributed by atoms with Crippen LogP contribution in [0.25, 0.3) is 0 Å². The van der Waals surface area contributed by atoms with Crippen LogP contribution in [-0.4, -0.2) is 47.8 Å². The van der Waals surface area contributed by atoms with E-state index in [9.17, 15) is 5.11 Å². The molecule has 15 heavy (non-hydrogen) atoms. The van der Waals surface area contributed by atoms with Crippen LogP contribution in [0.4, 0.5) is 0 Å². The van der Waals surface area contributed by atoms with Crippen molar-refractivity contribution in [1.82, 2.24) is 10.2 Å². The highest BCUT2D eigenvalue weighted by Gasteiger charge is 2.27. The summed E-state index contributed by atoms with van der Waals surface area (Å²) in [5.41, 5.74) is 0. The molecule has 1 unspecified atom stereocenters. The fourth-order valence-corrected chi connectivity index (χ4v) is 2.06. The van der Waals surface area contributed by atoms with Gasteiger partial charge in [0.25, 0.3) is 0 Å². The van der Waals surface area contributed by atoms with Crippen LogP contribution in [0.3, 0.4) is 0 Å². The Morgan fingerprint density at radius 1 is 1.40 bits per heavy atom. The lowest BCUT2D eigenvalue weighted by Crippen LogP contribution is -2.40. The van der Waals surface area contributed by atoms with Gasteiger partial charge in [-0.3, -0.25) is 0 Å². The van der Waals surface area contributed by atoms with Crippen LogP contribution in [0, 0.1) is 0 Å². The van der Waals surface area contributed by atoms with Crippen LogP contribution in [0.1, 0.15) is 40.0 Å². The van der Waals surface area contributed by atoms with Gasteiger partial charge in [0.2, 0.25) is 0 Å². The van der Waals surface area contributed by atoms with Crippen LogP contribution in [0.15, 0.2) is 0 Å². The largest absolute Gasteiger partial charge is 0.395 e. The van der Waals surface area contributed by atoms with Crippen molar-refractivity contribution in [3.05, 3.63) is 0 Å². The van der Waals surface area contributed by atoms with Gasteiger partial charge in [0.1, 0.15) is 0 Å². The summed E-state index contributed by atoms with van der Waals surface area (Å²) in [7, 11) is 0. The first-order valence-corrected chi connectivity index (χ1v) is 6.28. The predicted octanol–water partition coefficient (Wildman–Crippen LogP) is 1.22. The number of rotatable bonds is 8. The summed E-state index contributed by atoms with van der Waals surface area (Å²) < 4.78 is 0. The van der Waals surface area contributed by atoms with Crippen LogP contribution in [0.5, 0.6) is 0 Å². The smallest absolute Gasteiger partial charge is 0.0585 e. The molecule has 1 aliphatic rings. The maximum Gasteiger partial charge on any atom is 0.0585 e. The van der Waals surface area contributed by atoms with Crippen LogP contribution >= 0.6 is 0 Å². The topological polar surface area (TPSA) is 35.5 Å². The lowest BCUT2D eigenvalue weighted by Gasteiger charge is -2.24. The molecule has 0 heterocycles. The van der Waals surface area contributed by atoms with E-state index in [2.05, 4.69) is 31.0 Å². The minimum atomic E-state index is 0.250. The molecule has 0 amide bonds. The van der Waals surface area contributed by atoms with E-state index in [0.29, 0.717) is 6.04 Å². The first-order valence-electron chi connectivity index (χ1n) is 6.28. The van der Waals surface area contributed by atoms with Crippen LogP contribution in [0.2, 0.25) is 0 Å². The number of nitrogens with zero attached hydrogens (tertiary/aromatic N) is 1. The minimum Gasteiger partial charge on any atom is -0.395 e. The van der Waals surface area contributed by atoms with Gasteiger partial charge in [-0.1, -0.05) is 20.8 Å². The van der Waals surface area contributed by atoms with E-state index in [1.807, 2.05) is 0 Å². The molecule has 0 aromatic rings. The molecular formula is C12H26N2O. The Balaban J connectivity index is 2.19. The molecule has 0 bridgehead atoms. The normalized spacial score (nSPS) is 18.8. The highest BCUT2D eigenvalue weighted by Crippen LogP contribution is 2.26. The third-order valence-corrected chi connectivity index (χ3v) is 3.02. The van der Waals surface area contributed by atoms with Gasteiger partial charge in [0.15, 0.2) is 0 Å². The second-order valence-corrected chi connectivity index (χ2v) is 4.85. The van der Waals surface area contributed by atoms with E-state index < -0.39 is 0 Å². The molecule has 1 atom stereocenters. The average molecular weight is 214 g/mol. The maximum absolute atomic E-state index is 9.23. The monoisotopic (exact) mass is 214 g/mol. The first kappa shape index (κ1) is 12.9. The highest BCUT2D eigenvalue weighted by molar-refractivity contribution is 4.84. The summed E-state index contributed by atoms with van der Waals surface area (Å²) >= 11 is 0. The summed E-state index contributed by atoms with van der Waals surface area (Å²) in [4.78, 5) is 2.53. The Kier molecular flexibility index (Phi) is 5.58. The number of aliphatic hydroxyl groups excluding tert-OH is 1. The highest BCUT2D eigenvalue weighted by atomic mass is 16.3. The van der Waals surface area contributed by atoms with Gasteiger partial charge in [-0.25, -0.2) is 0 Å². The molecular weight excluding hydrogens is 188 g/mol. The van der Waals surface area contributed by atoms with E-state index in [-0.39, 0.29) is 12.6 Å². The van der Waals surface area contributed by atoms with Gasteiger partial charge in [-0.2, -0.15) is 0 Å². The quantitative estimate of drug-likeness (QED) is 0.638. The molecule has 0 saturated heterocycles. The molecule has 1 rings (SSSR count). The Labute approximate surface area is 93.9 Å². The molecule has 0 aromatic heterocycles. The number of hydrogen-bond donors (Lipinski definition) is 2. The lowest BCUT2D eigenvalue weighted by molar-refractivity contribution is 0.199. The fourth-order valence-electron chi connectivity index (χ4n) is 2.06. The van der Waals surface area contributed by atoms with Gasteiger partial charge in [0.05, 0.1) is 6.61 Å². The van der Waals surface area contributed by atoms with Gasteiger partial charge < -0.3 is 15.3 Å². The molecule has 0 aromatic carbocycles. The van der Waals surface area contributed by atoms with Crippen molar-refractivity contribution in [2.45, 2.75) is 58.2 Å². The zero-order chi connectivity index (χ0) is 11.3. The molecule has 1 saturated carbocycles. The first-order chi connectivity index (χ1) is 7.17. The SMILES string of the molecule is CCN(CCC(CO)NC(C)C)C1CC1. The number of hydrogen-bond acceptors (Lipinski definition) is 3. The van der Waals surface area contributed by atoms with E-state index in [1.54, 1.807) is 0 Å². The van der Waals surface area contributed by atoms with Crippen molar-refractivity contribution >= 4 is 0 Å². The van der Waals surface area contributed by atoms with E-state index >= 15 is 0 Å². The van der Waals surface area contributed by atoms with Crippen molar-refractivity contribution in [2.75, 3.05) is 19.7 Å². The second kappa shape index (κ2) is 6.46. The van der Waals surface area contributed by atoms with Crippen molar-refractivity contribution in [3.63, 3.8) is 0 Å². The van der Waals surface area contributed by atoms with Crippen molar-refractivity contribution in [1.29, 1.82) is 0 Å². The Bertz CT molecular complexity index is 169. The van der Waals surface area contributed by atoms with Gasteiger partial charge in [-0.05, 0) is 32.4 Å². The maximum atomic E-state index is 9.23. The molecule has 1 fully saturated rings. The molecule has 0 spiro atoms.